The molecule has 3 aliphatic heterocycles. The standard InChI is InChI=1S/C29H45ClN7O2P.C27H35N8O2P.C26H24ClN4O3P/c1-35-15-17-37(18-16-35)21-11-13-36(14-12-21)22-9-10-24(26(19-22)39-2)33-29-31-20-23(30)28(34-29)32-25-7-5-6-8-27(25)40(3,4)38;1-18(2)34-12-14-35(15-13-34)19-10-11-21(23(16-19)37-3)30-27-31-25(20-17-28-33-26(20)32-27)29-22-8-6-7-9-24(22)38(4,5)36;1-34-23-15-18(35(2,3)33)13-14-22(23)30-26-28-16-20(27)25(31-26)29-21-12-8-7-11-19(21)24(32)17-9-5-4-6-10-17/h9-10,19-21,25,27H,5-8,11-18H2,1-4H3,(H2,31,32,33,34);6-11,16-18H,12-15H2,1-5H3,(H3,28,29,30,31,32,33);4-16H,1-3H3,(H2,28,29,30,31)/t25-,27?;;/m0../s1. The number of likely N-dealkylation sites (N-methyl/N-ethyl adjacent to an activating group) is 1. The largest absolute Gasteiger partial charge is 0.495 e. The van der Waals surface area contributed by atoms with Crippen molar-refractivity contribution >= 4 is 147 Å². The maximum Gasteiger partial charge on any atom is 0.231 e. The molecule has 598 valence electrons. The highest BCUT2D eigenvalue weighted by molar-refractivity contribution is 7.70. The summed E-state index contributed by atoms with van der Waals surface area (Å²) in [5.74, 6) is 4.41. The van der Waals surface area contributed by atoms with Crippen molar-refractivity contribution in [2.45, 2.75) is 76.2 Å². The molecule has 4 aliphatic rings. The molecule has 1 aliphatic carbocycles. The number of piperazine rings is 2. The Hall–Kier alpha value is -9.35. The number of aromatic nitrogens is 8. The highest BCUT2D eigenvalue weighted by atomic mass is 35.5. The fraction of sp³-hybridized carbons (Fsp3) is 0.390. The number of carbonyl (C=O) groups excluding carboxylic acids is 1. The van der Waals surface area contributed by atoms with Gasteiger partial charge in [-0.1, -0.05) is 90.6 Å². The Morgan fingerprint density at radius 2 is 1.05 bits per heavy atom. The minimum Gasteiger partial charge on any atom is -0.495 e. The number of anilines is 13. The number of hydrogen-bond donors (Lipinski definition) is 7. The summed E-state index contributed by atoms with van der Waals surface area (Å²) in [5, 5.41) is 29.8. The maximum absolute atomic E-state index is 13.1. The molecule has 0 bridgehead atoms. The first kappa shape index (κ1) is 83.1. The van der Waals surface area contributed by atoms with Gasteiger partial charge in [-0.3, -0.25) is 19.7 Å². The third-order valence-electron chi connectivity index (χ3n) is 21.1. The van der Waals surface area contributed by atoms with Crippen LogP contribution in [0.25, 0.3) is 11.0 Å². The van der Waals surface area contributed by atoms with Gasteiger partial charge in [0.15, 0.2) is 23.1 Å². The van der Waals surface area contributed by atoms with E-state index in [0.29, 0.717) is 91.4 Å². The Morgan fingerprint density at radius 1 is 0.522 bits per heavy atom. The average Bonchev–Trinajstić information content (AvgIpc) is 1.74. The summed E-state index contributed by atoms with van der Waals surface area (Å²) in [6, 6.07) is 42.8. The van der Waals surface area contributed by atoms with Gasteiger partial charge in [-0.2, -0.15) is 25.0 Å². The van der Waals surface area contributed by atoms with Crippen molar-refractivity contribution in [2.24, 2.45) is 0 Å². The Kier molecular flexibility index (Phi) is 27.4. The first-order valence-corrected chi connectivity index (χ1v) is 46.8. The number of ketones is 1. The van der Waals surface area contributed by atoms with Gasteiger partial charge in [0.05, 0.1) is 80.9 Å². The van der Waals surface area contributed by atoms with Crippen molar-refractivity contribution in [1.82, 2.24) is 54.8 Å². The highest BCUT2D eigenvalue weighted by Gasteiger charge is 2.35. The summed E-state index contributed by atoms with van der Waals surface area (Å²) < 4.78 is 55.2. The molecule has 113 heavy (non-hydrogen) atoms. The molecule has 31 heteroatoms. The van der Waals surface area contributed by atoms with Crippen LogP contribution < -0.4 is 66.5 Å². The molecule has 0 radical (unpaired) electrons. The zero-order valence-electron chi connectivity index (χ0n) is 66.4. The number of nitrogens with one attached hydrogen (secondary N) is 7. The number of benzene rings is 6. The van der Waals surface area contributed by atoms with E-state index in [2.05, 4.69) is 132 Å². The average molecular weight is 1630 g/mol. The van der Waals surface area contributed by atoms with E-state index in [1.54, 1.807) is 102 Å². The summed E-state index contributed by atoms with van der Waals surface area (Å²) in [5.41, 5.74) is 7.55. The molecule has 26 nitrogen and oxygen atoms in total. The highest BCUT2D eigenvalue weighted by Crippen LogP contribution is 2.50. The molecule has 0 amide bonds. The molecule has 10 aromatic rings. The van der Waals surface area contributed by atoms with Gasteiger partial charge in [-0.05, 0) is 153 Å². The number of nitrogens with zero attached hydrogens (tertiary/aromatic N) is 12. The van der Waals surface area contributed by atoms with E-state index in [1.807, 2.05) is 74.0 Å². The van der Waals surface area contributed by atoms with Gasteiger partial charge in [0.1, 0.15) is 47.4 Å². The molecule has 1 unspecified atom stereocenters. The molecule has 7 N–H and O–H groups in total. The van der Waals surface area contributed by atoms with Crippen molar-refractivity contribution in [3.05, 3.63) is 173 Å². The first-order valence-electron chi connectivity index (χ1n) is 38.2. The number of aromatic amines is 1. The van der Waals surface area contributed by atoms with Gasteiger partial charge in [0.2, 0.25) is 17.8 Å². The predicted octanol–water partition coefficient (Wildman–Crippen LogP) is 16.2. The lowest BCUT2D eigenvalue weighted by Crippen LogP contribution is -2.52. The van der Waals surface area contributed by atoms with E-state index in [-0.39, 0.29) is 28.5 Å². The number of halogens is 2. The van der Waals surface area contributed by atoms with E-state index in [1.165, 1.54) is 58.0 Å². The number of fused-ring (bicyclic) bond motifs is 1. The van der Waals surface area contributed by atoms with Crippen LogP contribution in [0.3, 0.4) is 0 Å². The SMILES string of the molecule is COc1cc(N2CCC(N3CCN(C)CC3)CC2)ccc1Nc1ncc(Cl)c(N[C@H]2CCCCC2P(C)(C)=O)n1.COc1cc(N2CCN(C(C)C)CC2)ccc1Nc1nc(Nc2ccccc2P(C)(C)=O)c2cn[nH]c2n1.COc1cc(P(C)(C)=O)ccc1Nc1ncc(Cl)c(Nc2ccccc2C(=O)c2ccccc2)n1. The van der Waals surface area contributed by atoms with Crippen LogP contribution >= 0.6 is 44.6 Å². The number of ether oxygens (including phenoxy) is 3. The summed E-state index contributed by atoms with van der Waals surface area (Å²) in [4.78, 5) is 52.7. The van der Waals surface area contributed by atoms with Crippen LogP contribution in [0, 0.1) is 0 Å². The van der Waals surface area contributed by atoms with E-state index in [0.717, 1.165) is 104 Å². The van der Waals surface area contributed by atoms with Crippen molar-refractivity contribution < 1.29 is 32.7 Å². The zero-order valence-corrected chi connectivity index (χ0v) is 70.6. The molecule has 2 atom stereocenters. The number of carbonyl (C=O) groups is 1. The Morgan fingerprint density at radius 3 is 1.65 bits per heavy atom. The van der Waals surface area contributed by atoms with Crippen molar-refractivity contribution in [3.63, 3.8) is 0 Å². The zero-order chi connectivity index (χ0) is 80.1. The van der Waals surface area contributed by atoms with Crippen LogP contribution in [0.15, 0.2) is 152 Å². The van der Waals surface area contributed by atoms with Crippen LogP contribution in [-0.4, -0.2) is 218 Å². The minimum atomic E-state index is -2.51. The Balaban J connectivity index is 0.000000157. The fourth-order valence-electron chi connectivity index (χ4n) is 14.7. The molecular formula is C82H104Cl2N19O7P3. The second-order valence-corrected chi connectivity index (χ2v) is 41.0. The monoisotopic (exact) mass is 1630 g/mol. The van der Waals surface area contributed by atoms with Crippen molar-refractivity contribution in [3.8, 4) is 17.2 Å². The molecule has 0 spiro atoms. The molecule has 14 rings (SSSR count). The van der Waals surface area contributed by atoms with Crippen LogP contribution in [-0.2, 0) is 13.7 Å². The summed E-state index contributed by atoms with van der Waals surface area (Å²) >= 11 is 12.9. The number of para-hydroxylation sites is 2. The van der Waals surface area contributed by atoms with Crippen LogP contribution in [0.1, 0.15) is 68.3 Å². The van der Waals surface area contributed by atoms with Crippen molar-refractivity contribution in [1.29, 1.82) is 0 Å². The predicted molar refractivity (Wildman–Crippen MR) is 464 cm³/mol. The van der Waals surface area contributed by atoms with Gasteiger partial charge in [0.25, 0.3) is 0 Å². The molecular weight excluding hydrogens is 1530 g/mol. The number of hydrogen-bond acceptors (Lipinski definition) is 25. The summed E-state index contributed by atoms with van der Waals surface area (Å²) in [6.07, 6.45) is 11.3. The third-order valence-corrected chi connectivity index (χ3v) is 26.9. The van der Waals surface area contributed by atoms with Gasteiger partial charge in [-0.25, -0.2) is 9.97 Å². The first-order chi connectivity index (χ1) is 54.2. The molecule has 4 fully saturated rings. The maximum atomic E-state index is 13.1. The smallest absolute Gasteiger partial charge is 0.231 e. The number of H-pyrrole nitrogens is 1. The molecule has 3 saturated heterocycles. The minimum absolute atomic E-state index is 0.0871. The Bertz CT molecular complexity index is 5080. The summed E-state index contributed by atoms with van der Waals surface area (Å²) in [6.45, 7) is 26.0. The van der Waals surface area contributed by atoms with Gasteiger partial charge in [0, 0.05) is 134 Å². The lowest BCUT2D eigenvalue weighted by Gasteiger charge is -2.42. The van der Waals surface area contributed by atoms with Crippen LogP contribution in [0.4, 0.5) is 75.1 Å². The van der Waals surface area contributed by atoms with Crippen molar-refractivity contribution in [2.75, 3.05) is 176 Å². The lowest BCUT2D eigenvalue weighted by molar-refractivity contribution is 0.0982. The normalized spacial score (nSPS) is 16.8. The lowest BCUT2D eigenvalue weighted by atomic mass is 9.95. The number of piperidine rings is 1. The van der Waals surface area contributed by atoms with E-state index in [4.69, 9.17) is 47.4 Å². The van der Waals surface area contributed by atoms with Crippen LogP contribution in [0.5, 0.6) is 17.2 Å². The summed E-state index contributed by atoms with van der Waals surface area (Å²) in [7, 11) is -0.0906. The van der Waals surface area contributed by atoms with Crippen LogP contribution in [0.2, 0.25) is 10.0 Å². The van der Waals surface area contributed by atoms with E-state index < -0.39 is 21.4 Å². The quantitative estimate of drug-likeness (QED) is 0.0218. The van der Waals surface area contributed by atoms with Gasteiger partial charge < -0.3 is 74.5 Å². The molecule has 4 aromatic heterocycles. The molecule has 6 aromatic carbocycles. The van der Waals surface area contributed by atoms with E-state index in [9.17, 15) is 18.5 Å². The van der Waals surface area contributed by atoms with Gasteiger partial charge >= 0.3 is 0 Å². The van der Waals surface area contributed by atoms with E-state index >= 15 is 0 Å². The third kappa shape index (κ3) is 21.4. The number of rotatable bonds is 24. The number of methoxy groups -OCH3 is 3. The Labute approximate surface area is 672 Å². The second kappa shape index (κ2) is 37.3. The fourth-order valence-corrected chi connectivity index (χ4v) is 18.9. The molecule has 7 heterocycles. The second-order valence-electron chi connectivity index (χ2n) is 30.3. The topological polar surface area (TPSA) is 290 Å². The molecule has 1 saturated carbocycles. The van der Waals surface area contributed by atoms with Gasteiger partial charge in [-0.15, -0.1) is 0 Å².